The molecule has 1 fully saturated rings. The molecular formula is C16H15N3O4. The van der Waals surface area contributed by atoms with Crippen LogP contribution in [0.25, 0.3) is 11.3 Å². The van der Waals surface area contributed by atoms with Crippen molar-refractivity contribution in [3.05, 3.63) is 52.6 Å². The number of aliphatic carboxylic acids is 1. The van der Waals surface area contributed by atoms with Crippen molar-refractivity contribution in [3.8, 4) is 11.3 Å². The molecule has 3 rings (SSSR count). The largest absolute Gasteiger partial charge is 0.480 e. The van der Waals surface area contributed by atoms with Gasteiger partial charge in [0.15, 0.2) is 5.69 Å². The number of hydrogen-bond donors (Lipinski definition) is 1. The third kappa shape index (κ3) is 2.85. The van der Waals surface area contributed by atoms with Gasteiger partial charge in [-0.2, -0.15) is 0 Å². The van der Waals surface area contributed by atoms with Crippen LogP contribution in [0, 0.1) is 10.1 Å². The highest BCUT2D eigenvalue weighted by atomic mass is 16.6. The summed E-state index contributed by atoms with van der Waals surface area (Å²) in [7, 11) is 0. The molecule has 0 spiro atoms. The summed E-state index contributed by atoms with van der Waals surface area (Å²) in [4.78, 5) is 28.2. The standard InChI is InChI=1S/C16H15N3O4/c20-16(21)13-7-4-10-18(13)14-9-8-12(19(22)23)15(17-14)11-5-2-1-3-6-11/h1-3,5-6,8-9,13H,4,7,10H2,(H,20,21)/t13-/m1/s1. The SMILES string of the molecule is O=C(O)[C@H]1CCCN1c1ccc([N+](=O)[O-])c(-c2ccccc2)n1. The van der Waals surface area contributed by atoms with Crippen LogP contribution in [0.5, 0.6) is 0 Å². The number of nitro groups is 1. The summed E-state index contributed by atoms with van der Waals surface area (Å²) in [5.74, 6) is -0.441. The number of hydrogen-bond acceptors (Lipinski definition) is 5. The summed E-state index contributed by atoms with van der Waals surface area (Å²) in [6, 6.07) is 11.2. The number of nitrogens with zero attached hydrogens (tertiary/aromatic N) is 3. The first kappa shape index (κ1) is 15.0. The summed E-state index contributed by atoms with van der Waals surface area (Å²) in [6.45, 7) is 0.579. The van der Waals surface area contributed by atoms with E-state index in [1.54, 1.807) is 29.2 Å². The number of rotatable bonds is 4. The number of carboxylic acids is 1. The Morgan fingerprint density at radius 3 is 2.65 bits per heavy atom. The normalized spacial score (nSPS) is 17.2. The molecular weight excluding hydrogens is 298 g/mol. The molecule has 7 nitrogen and oxygen atoms in total. The third-order valence-corrected chi connectivity index (χ3v) is 3.94. The van der Waals surface area contributed by atoms with Crippen LogP contribution in [-0.2, 0) is 4.79 Å². The quantitative estimate of drug-likeness (QED) is 0.688. The Hall–Kier alpha value is -2.96. The molecule has 1 aliphatic rings. The minimum atomic E-state index is -0.899. The lowest BCUT2D eigenvalue weighted by atomic mass is 10.1. The summed E-state index contributed by atoms with van der Waals surface area (Å²) in [6.07, 6.45) is 1.31. The molecule has 2 heterocycles. The molecule has 118 valence electrons. The summed E-state index contributed by atoms with van der Waals surface area (Å²) in [5.41, 5.74) is 0.794. The zero-order chi connectivity index (χ0) is 16.4. The third-order valence-electron chi connectivity index (χ3n) is 3.94. The average Bonchev–Trinajstić information content (AvgIpc) is 3.05. The number of benzene rings is 1. The van der Waals surface area contributed by atoms with Crippen LogP contribution in [-0.4, -0.2) is 33.6 Å². The zero-order valence-electron chi connectivity index (χ0n) is 12.3. The highest BCUT2D eigenvalue weighted by Gasteiger charge is 2.32. The fourth-order valence-corrected chi connectivity index (χ4v) is 2.85. The summed E-state index contributed by atoms with van der Waals surface area (Å²) < 4.78 is 0. The number of carbonyl (C=O) groups is 1. The van der Waals surface area contributed by atoms with Gasteiger partial charge in [0.05, 0.1) is 4.92 Å². The minimum Gasteiger partial charge on any atom is -0.480 e. The molecule has 1 N–H and O–H groups in total. The fraction of sp³-hybridized carbons (Fsp3) is 0.250. The van der Waals surface area contributed by atoms with Crippen LogP contribution in [0.15, 0.2) is 42.5 Å². The van der Waals surface area contributed by atoms with Gasteiger partial charge < -0.3 is 10.0 Å². The maximum Gasteiger partial charge on any atom is 0.326 e. The molecule has 1 atom stereocenters. The van der Waals surface area contributed by atoms with E-state index in [0.717, 1.165) is 6.42 Å². The van der Waals surface area contributed by atoms with Gasteiger partial charge in [-0.05, 0) is 18.9 Å². The maximum atomic E-state index is 11.3. The second-order valence-corrected chi connectivity index (χ2v) is 5.35. The average molecular weight is 313 g/mol. The predicted octanol–water partition coefficient (Wildman–Crippen LogP) is 2.71. The number of pyridine rings is 1. The van der Waals surface area contributed by atoms with E-state index in [9.17, 15) is 20.0 Å². The van der Waals surface area contributed by atoms with Gasteiger partial charge in [-0.15, -0.1) is 0 Å². The van der Waals surface area contributed by atoms with Gasteiger partial charge in [-0.1, -0.05) is 30.3 Å². The predicted molar refractivity (Wildman–Crippen MR) is 84.3 cm³/mol. The zero-order valence-corrected chi connectivity index (χ0v) is 12.3. The Bertz CT molecular complexity index is 748. The summed E-state index contributed by atoms with van der Waals surface area (Å²) in [5, 5.41) is 20.6. The number of carboxylic acid groups (broad SMARTS) is 1. The van der Waals surface area contributed by atoms with Crippen LogP contribution in [0.1, 0.15) is 12.8 Å². The number of anilines is 1. The summed E-state index contributed by atoms with van der Waals surface area (Å²) >= 11 is 0. The van der Waals surface area contributed by atoms with Gasteiger partial charge in [0, 0.05) is 18.2 Å². The topological polar surface area (TPSA) is 96.6 Å². The molecule has 1 saturated heterocycles. The lowest BCUT2D eigenvalue weighted by molar-refractivity contribution is -0.384. The van der Waals surface area contributed by atoms with Gasteiger partial charge in [-0.25, -0.2) is 9.78 Å². The van der Waals surface area contributed by atoms with E-state index in [0.29, 0.717) is 24.3 Å². The first-order chi connectivity index (χ1) is 11.1. The smallest absolute Gasteiger partial charge is 0.326 e. The number of aromatic nitrogens is 1. The molecule has 0 saturated carbocycles. The van der Waals surface area contributed by atoms with E-state index in [1.807, 2.05) is 6.07 Å². The molecule has 1 aliphatic heterocycles. The van der Waals surface area contributed by atoms with E-state index in [4.69, 9.17) is 0 Å². The van der Waals surface area contributed by atoms with Crippen LogP contribution < -0.4 is 4.90 Å². The van der Waals surface area contributed by atoms with Gasteiger partial charge >= 0.3 is 5.97 Å². The van der Waals surface area contributed by atoms with Crippen molar-refractivity contribution in [2.24, 2.45) is 0 Å². The van der Waals surface area contributed by atoms with E-state index >= 15 is 0 Å². The Morgan fingerprint density at radius 1 is 1.26 bits per heavy atom. The van der Waals surface area contributed by atoms with E-state index in [2.05, 4.69) is 4.98 Å². The van der Waals surface area contributed by atoms with Gasteiger partial charge in [0.25, 0.3) is 5.69 Å². The molecule has 0 radical (unpaired) electrons. The molecule has 7 heteroatoms. The van der Waals surface area contributed by atoms with E-state index in [1.165, 1.54) is 12.1 Å². The van der Waals surface area contributed by atoms with Crippen molar-refractivity contribution in [2.75, 3.05) is 11.4 Å². The van der Waals surface area contributed by atoms with Gasteiger partial charge in [-0.3, -0.25) is 10.1 Å². The van der Waals surface area contributed by atoms with Crippen molar-refractivity contribution in [3.63, 3.8) is 0 Å². The first-order valence-electron chi connectivity index (χ1n) is 7.28. The van der Waals surface area contributed by atoms with Crippen molar-refractivity contribution in [1.82, 2.24) is 4.98 Å². The highest BCUT2D eigenvalue weighted by Crippen LogP contribution is 2.32. The second-order valence-electron chi connectivity index (χ2n) is 5.35. The molecule has 0 aliphatic carbocycles. The maximum absolute atomic E-state index is 11.3. The Labute approximate surface area is 132 Å². The molecule has 1 aromatic heterocycles. The molecule has 23 heavy (non-hydrogen) atoms. The van der Waals surface area contributed by atoms with E-state index in [-0.39, 0.29) is 11.4 Å². The van der Waals surface area contributed by atoms with Gasteiger partial charge in [0.2, 0.25) is 0 Å². The second kappa shape index (κ2) is 6.04. The monoisotopic (exact) mass is 313 g/mol. The molecule has 0 bridgehead atoms. The first-order valence-corrected chi connectivity index (χ1v) is 7.28. The molecule has 0 unspecified atom stereocenters. The Balaban J connectivity index is 2.07. The van der Waals surface area contributed by atoms with E-state index < -0.39 is 16.9 Å². The fourth-order valence-electron chi connectivity index (χ4n) is 2.85. The molecule has 0 amide bonds. The lowest BCUT2D eigenvalue weighted by Gasteiger charge is -2.22. The van der Waals surface area contributed by atoms with Crippen LogP contribution in [0.4, 0.5) is 11.5 Å². The van der Waals surface area contributed by atoms with Gasteiger partial charge in [0.1, 0.15) is 11.9 Å². The molecule has 1 aromatic carbocycles. The van der Waals surface area contributed by atoms with Crippen molar-refractivity contribution in [1.29, 1.82) is 0 Å². The van der Waals surface area contributed by atoms with Crippen LogP contribution in [0.3, 0.4) is 0 Å². The highest BCUT2D eigenvalue weighted by molar-refractivity contribution is 5.79. The van der Waals surface area contributed by atoms with Crippen molar-refractivity contribution in [2.45, 2.75) is 18.9 Å². The van der Waals surface area contributed by atoms with Crippen LogP contribution in [0.2, 0.25) is 0 Å². The molecule has 2 aromatic rings. The van der Waals surface area contributed by atoms with Crippen LogP contribution >= 0.6 is 0 Å². The Morgan fingerprint density at radius 2 is 2.00 bits per heavy atom. The minimum absolute atomic E-state index is 0.0916. The van der Waals surface area contributed by atoms with Crippen molar-refractivity contribution < 1.29 is 14.8 Å². The van der Waals surface area contributed by atoms with Crippen molar-refractivity contribution >= 4 is 17.5 Å². The lowest BCUT2D eigenvalue weighted by Crippen LogP contribution is -2.36. The Kier molecular flexibility index (Phi) is 3.92.